The van der Waals surface area contributed by atoms with Crippen molar-refractivity contribution in [2.45, 2.75) is 0 Å². The summed E-state index contributed by atoms with van der Waals surface area (Å²) in [5.74, 6) is -0.368. The highest BCUT2D eigenvalue weighted by molar-refractivity contribution is 9.10. The lowest BCUT2D eigenvalue weighted by molar-refractivity contribution is 0.102. The average Bonchev–Trinajstić information content (AvgIpc) is 2.79. The molecule has 0 aliphatic rings. The van der Waals surface area contributed by atoms with Crippen LogP contribution in [0.1, 0.15) is 10.5 Å². The zero-order valence-electron chi connectivity index (χ0n) is 10.6. The maximum absolute atomic E-state index is 12.1. The quantitative estimate of drug-likeness (QED) is 0.565. The topological polar surface area (TPSA) is 117 Å². The fourth-order valence-electron chi connectivity index (χ4n) is 1.88. The summed E-state index contributed by atoms with van der Waals surface area (Å²) in [6, 6.07) is 6.50. The molecule has 0 aliphatic carbocycles. The first-order valence-corrected chi connectivity index (χ1v) is 6.76. The maximum atomic E-state index is 12.1. The van der Waals surface area contributed by atoms with Gasteiger partial charge in [0.15, 0.2) is 0 Å². The van der Waals surface area contributed by atoms with Crippen molar-refractivity contribution in [3.63, 3.8) is 0 Å². The summed E-state index contributed by atoms with van der Waals surface area (Å²) in [6.07, 6.45) is 1.41. The predicted molar refractivity (Wildman–Crippen MR) is 83.2 cm³/mol. The molecule has 0 radical (unpaired) electrons. The number of aromatic amines is 2. The highest BCUT2D eigenvalue weighted by Crippen LogP contribution is 2.26. The minimum atomic E-state index is -0.368. The van der Waals surface area contributed by atoms with E-state index in [1.807, 2.05) is 0 Å². The number of carbonyl (C=O) groups excluding carboxylic acids is 1. The van der Waals surface area contributed by atoms with Crippen LogP contribution in [0.3, 0.4) is 0 Å². The third-order valence-electron chi connectivity index (χ3n) is 2.87. The molecule has 0 aliphatic heterocycles. The van der Waals surface area contributed by atoms with Crippen LogP contribution in [0, 0.1) is 0 Å². The van der Waals surface area contributed by atoms with Crippen LogP contribution >= 0.6 is 15.9 Å². The lowest BCUT2D eigenvalue weighted by Crippen LogP contribution is -2.14. The standard InChI is InChI=1S/C13H10BrN5O2/c14-7-3-10-11(19-13(21)18-10)4-9(7)17-12(20)8-2-1-6(15)5-16-8/h1-5H,15H2,(H,17,20)(H2,18,19,21). The van der Waals surface area contributed by atoms with E-state index in [1.165, 1.54) is 12.3 Å². The van der Waals surface area contributed by atoms with Gasteiger partial charge in [-0.1, -0.05) is 0 Å². The molecule has 0 saturated heterocycles. The second-order valence-corrected chi connectivity index (χ2v) is 5.24. The number of amides is 1. The van der Waals surface area contributed by atoms with Gasteiger partial charge in [0, 0.05) is 4.47 Å². The van der Waals surface area contributed by atoms with E-state index in [2.05, 4.69) is 36.2 Å². The van der Waals surface area contributed by atoms with Crippen LogP contribution in [0.15, 0.2) is 39.7 Å². The molecule has 0 spiro atoms. The normalized spacial score (nSPS) is 10.7. The SMILES string of the molecule is Nc1ccc(C(=O)Nc2cc3[nH]c(=O)[nH]c3cc2Br)nc1. The van der Waals surface area contributed by atoms with Crippen molar-refractivity contribution in [3.05, 3.63) is 51.1 Å². The van der Waals surface area contributed by atoms with Gasteiger partial charge in [-0.25, -0.2) is 9.78 Å². The lowest BCUT2D eigenvalue weighted by Gasteiger charge is -2.07. The van der Waals surface area contributed by atoms with E-state index in [0.29, 0.717) is 26.9 Å². The number of nitrogens with two attached hydrogens (primary N) is 1. The number of nitrogens with zero attached hydrogens (tertiary/aromatic N) is 1. The van der Waals surface area contributed by atoms with Gasteiger partial charge in [0.05, 0.1) is 28.6 Å². The van der Waals surface area contributed by atoms with Crippen LogP contribution in [-0.4, -0.2) is 20.9 Å². The van der Waals surface area contributed by atoms with Gasteiger partial charge in [-0.2, -0.15) is 0 Å². The molecule has 0 fully saturated rings. The Morgan fingerprint density at radius 3 is 2.62 bits per heavy atom. The Hall–Kier alpha value is -2.61. The number of rotatable bonds is 2. The van der Waals surface area contributed by atoms with Crippen LogP contribution < -0.4 is 16.7 Å². The van der Waals surface area contributed by atoms with E-state index in [0.717, 1.165) is 0 Å². The van der Waals surface area contributed by atoms with Crippen LogP contribution in [-0.2, 0) is 0 Å². The number of hydrogen-bond donors (Lipinski definition) is 4. The fourth-order valence-corrected chi connectivity index (χ4v) is 2.32. The van der Waals surface area contributed by atoms with Crippen LogP contribution in [0.5, 0.6) is 0 Å². The number of pyridine rings is 1. The van der Waals surface area contributed by atoms with Crippen molar-refractivity contribution in [2.24, 2.45) is 0 Å². The zero-order valence-corrected chi connectivity index (χ0v) is 12.2. The summed E-state index contributed by atoms with van der Waals surface area (Å²) in [7, 11) is 0. The van der Waals surface area contributed by atoms with Crippen LogP contribution in [0.4, 0.5) is 11.4 Å². The number of hydrogen-bond acceptors (Lipinski definition) is 4. The molecule has 1 aromatic carbocycles. The molecule has 106 valence electrons. The molecular weight excluding hydrogens is 338 g/mol. The molecular formula is C13H10BrN5O2. The highest BCUT2D eigenvalue weighted by Gasteiger charge is 2.11. The molecule has 7 nitrogen and oxygen atoms in total. The fraction of sp³-hybridized carbons (Fsp3) is 0. The molecule has 0 saturated carbocycles. The van der Waals surface area contributed by atoms with Crippen molar-refractivity contribution < 1.29 is 4.79 Å². The van der Waals surface area contributed by atoms with Crippen molar-refractivity contribution in [3.8, 4) is 0 Å². The first kappa shape index (κ1) is 13.4. The number of H-pyrrole nitrogens is 2. The van der Waals surface area contributed by atoms with E-state index in [-0.39, 0.29) is 17.3 Å². The molecule has 0 atom stereocenters. The zero-order chi connectivity index (χ0) is 15.0. The summed E-state index contributed by atoms with van der Waals surface area (Å²) in [5.41, 5.74) is 7.74. The van der Waals surface area contributed by atoms with Gasteiger partial charge in [0.25, 0.3) is 5.91 Å². The van der Waals surface area contributed by atoms with E-state index in [9.17, 15) is 9.59 Å². The average molecular weight is 348 g/mol. The maximum Gasteiger partial charge on any atom is 0.323 e. The van der Waals surface area contributed by atoms with Gasteiger partial charge >= 0.3 is 5.69 Å². The Kier molecular flexibility index (Phi) is 3.22. The van der Waals surface area contributed by atoms with Crippen molar-refractivity contribution in [1.29, 1.82) is 0 Å². The number of benzene rings is 1. The first-order valence-electron chi connectivity index (χ1n) is 5.97. The smallest absolute Gasteiger partial charge is 0.323 e. The second kappa shape index (κ2) is 5.06. The monoisotopic (exact) mass is 347 g/mol. The van der Waals surface area contributed by atoms with Gasteiger partial charge in [-0.3, -0.25) is 4.79 Å². The molecule has 2 aromatic heterocycles. The van der Waals surface area contributed by atoms with Gasteiger partial charge in [-0.05, 0) is 40.2 Å². The molecule has 21 heavy (non-hydrogen) atoms. The third kappa shape index (κ3) is 2.65. The Balaban J connectivity index is 1.93. The first-order chi connectivity index (χ1) is 10.0. The molecule has 5 N–H and O–H groups in total. The molecule has 0 unspecified atom stereocenters. The summed E-state index contributed by atoms with van der Waals surface area (Å²) in [6.45, 7) is 0. The Labute approximate surface area is 126 Å². The molecule has 2 heterocycles. The highest BCUT2D eigenvalue weighted by atomic mass is 79.9. The second-order valence-electron chi connectivity index (χ2n) is 4.39. The lowest BCUT2D eigenvalue weighted by atomic mass is 10.2. The van der Waals surface area contributed by atoms with Gasteiger partial charge in [0.2, 0.25) is 0 Å². The Morgan fingerprint density at radius 2 is 1.95 bits per heavy atom. The summed E-state index contributed by atoms with van der Waals surface area (Å²) < 4.78 is 0.647. The van der Waals surface area contributed by atoms with Crippen molar-refractivity contribution >= 4 is 44.2 Å². The summed E-state index contributed by atoms with van der Waals surface area (Å²) in [5, 5.41) is 2.72. The van der Waals surface area contributed by atoms with E-state index >= 15 is 0 Å². The molecule has 1 amide bonds. The predicted octanol–water partition coefficient (Wildman–Crippen LogP) is 1.85. The molecule has 0 bridgehead atoms. The Morgan fingerprint density at radius 1 is 1.24 bits per heavy atom. The number of anilines is 2. The van der Waals surface area contributed by atoms with Crippen LogP contribution in [0.2, 0.25) is 0 Å². The van der Waals surface area contributed by atoms with Crippen LogP contribution in [0.25, 0.3) is 11.0 Å². The minimum absolute atomic E-state index is 0.249. The minimum Gasteiger partial charge on any atom is -0.397 e. The number of aromatic nitrogens is 3. The molecule has 3 aromatic rings. The molecule has 3 rings (SSSR count). The van der Waals surface area contributed by atoms with Crippen molar-refractivity contribution in [2.75, 3.05) is 11.1 Å². The van der Waals surface area contributed by atoms with Gasteiger partial charge in [-0.15, -0.1) is 0 Å². The summed E-state index contributed by atoms with van der Waals surface area (Å²) >= 11 is 3.35. The number of nitrogen functional groups attached to an aromatic ring is 1. The Bertz CT molecular complexity index is 882. The van der Waals surface area contributed by atoms with Crippen molar-refractivity contribution in [1.82, 2.24) is 15.0 Å². The number of nitrogens with one attached hydrogen (secondary N) is 3. The van der Waals surface area contributed by atoms with E-state index < -0.39 is 0 Å². The number of imidazole rings is 1. The number of fused-ring (bicyclic) bond motifs is 1. The molecule has 8 heteroatoms. The summed E-state index contributed by atoms with van der Waals surface area (Å²) in [4.78, 5) is 32.6. The number of carbonyl (C=O) groups is 1. The van der Waals surface area contributed by atoms with Gasteiger partial charge < -0.3 is 21.0 Å². The van der Waals surface area contributed by atoms with E-state index in [1.54, 1.807) is 18.2 Å². The largest absolute Gasteiger partial charge is 0.397 e. The van der Waals surface area contributed by atoms with Gasteiger partial charge in [0.1, 0.15) is 5.69 Å². The third-order valence-corrected chi connectivity index (χ3v) is 3.53. The van der Waals surface area contributed by atoms with E-state index in [4.69, 9.17) is 5.73 Å². The number of halogens is 1.